The maximum atomic E-state index is 13.4. The van der Waals surface area contributed by atoms with Crippen LogP contribution in [0.25, 0.3) is 0 Å². The van der Waals surface area contributed by atoms with E-state index in [1.54, 1.807) is 6.08 Å². The first-order chi connectivity index (χ1) is 45.8. The van der Waals surface area contributed by atoms with Gasteiger partial charge in [-0.3, -0.25) is 4.79 Å². The van der Waals surface area contributed by atoms with Crippen molar-refractivity contribution in [2.24, 2.45) is 0 Å². The standard InChI is InChI=1S/C75H123NO18/c1-3-5-7-9-11-13-15-17-19-20-21-22-23-24-25-26-27-28-29-30-31-32-33-34-35-36-37-38-39-41-43-45-47-49-51-53-63(81)76-58(59(80)52-50-48-46-44-42-40-18-16-14-12-10-8-6-4-2)57-89-73-69(87)66(84)71(61(55-78)91-73)94-75-70(88)67(85)72(62(56-79)92-75)93-74-68(86)65(83)64(82)60(54-77)90-74/h5,7,11,13,17,19,21-22,24-25,27-28,30-31,33-34,36-37,39,41,50,52,58-62,64-75,77-80,82-88H,3-4,6,8-10,12,14-16,18,20,23,26,29,32,35,38,40,42-49,51,53-57H2,1-2H3,(H,76,81)/b7-5-,13-11-,19-17-,22-21-,25-24-,28-27-,31-30-,34-33-,37-36-,41-39-,52-50+. The molecule has 3 heterocycles. The molecule has 0 aromatic heterocycles. The number of hydrogen-bond donors (Lipinski definition) is 12. The smallest absolute Gasteiger partial charge is 0.220 e. The number of hydrogen-bond acceptors (Lipinski definition) is 18. The van der Waals surface area contributed by atoms with Crippen LogP contribution in [-0.4, -0.2) is 193 Å². The first kappa shape index (κ1) is 84.2. The number of carbonyl (C=O) groups is 1. The summed E-state index contributed by atoms with van der Waals surface area (Å²) in [6.07, 6.45) is 50.0. The van der Waals surface area contributed by atoms with E-state index in [2.05, 4.69) is 141 Å². The molecule has 0 spiro atoms. The molecule has 3 saturated heterocycles. The first-order valence-corrected chi connectivity index (χ1v) is 35.4. The minimum atomic E-state index is -1.99. The van der Waals surface area contributed by atoms with Crippen LogP contribution in [-0.2, 0) is 33.2 Å². The van der Waals surface area contributed by atoms with Crippen molar-refractivity contribution in [3.05, 3.63) is 134 Å². The highest BCUT2D eigenvalue weighted by atomic mass is 16.8. The molecular formula is C75H123NO18. The van der Waals surface area contributed by atoms with Gasteiger partial charge in [0.1, 0.15) is 73.2 Å². The second kappa shape index (κ2) is 54.9. The highest BCUT2D eigenvalue weighted by Crippen LogP contribution is 2.33. The molecule has 0 saturated carbocycles. The van der Waals surface area contributed by atoms with Gasteiger partial charge < -0.3 is 89.9 Å². The topological polar surface area (TPSA) is 307 Å². The number of nitrogens with one attached hydrogen (secondary N) is 1. The van der Waals surface area contributed by atoms with Gasteiger partial charge in [0.05, 0.1) is 38.6 Å². The van der Waals surface area contributed by atoms with Crippen LogP contribution in [0, 0.1) is 0 Å². The van der Waals surface area contributed by atoms with Crippen LogP contribution in [0.5, 0.6) is 0 Å². The lowest BCUT2D eigenvalue weighted by molar-refractivity contribution is -0.379. The number of carbonyl (C=O) groups excluding carboxylic acids is 1. The van der Waals surface area contributed by atoms with Gasteiger partial charge in [-0.2, -0.15) is 0 Å². The zero-order chi connectivity index (χ0) is 68.2. The van der Waals surface area contributed by atoms with Crippen LogP contribution >= 0.6 is 0 Å². The maximum Gasteiger partial charge on any atom is 0.220 e. The van der Waals surface area contributed by atoms with E-state index < -0.39 is 124 Å². The number of amides is 1. The third-order valence-electron chi connectivity index (χ3n) is 16.7. The Hall–Kier alpha value is -4.07. The van der Waals surface area contributed by atoms with E-state index in [1.807, 2.05) is 6.08 Å². The van der Waals surface area contributed by atoms with Gasteiger partial charge in [0, 0.05) is 6.42 Å². The number of rotatable bonds is 52. The first-order valence-electron chi connectivity index (χ1n) is 35.4. The summed E-state index contributed by atoms with van der Waals surface area (Å²) in [7, 11) is 0. The lowest BCUT2D eigenvalue weighted by Gasteiger charge is -2.48. The second-order valence-corrected chi connectivity index (χ2v) is 24.6. The van der Waals surface area contributed by atoms with Gasteiger partial charge in [0.15, 0.2) is 18.9 Å². The van der Waals surface area contributed by atoms with Crippen molar-refractivity contribution in [3.63, 3.8) is 0 Å². The molecule has 0 aromatic carbocycles. The van der Waals surface area contributed by atoms with E-state index >= 15 is 0 Å². The molecule has 1 amide bonds. The molecule has 19 heteroatoms. The fraction of sp³-hybridized carbons (Fsp3) is 0.693. The molecule has 0 aromatic rings. The van der Waals surface area contributed by atoms with Crippen LogP contribution in [0.3, 0.4) is 0 Å². The zero-order valence-corrected chi connectivity index (χ0v) is 56.6. The summed E-state index contributed by atoms with van der Waals surface area (Å²) >= 11 is 0. The van der Waals surface area contributed by atoms with Crippen LogP contribution in [0.2, 0.25) is 0 Å². The summed E-state index contributed by atoms with van der Waals surface area (Å²) in [4.78, 5) is 13.4. The van der Waals surface area contributed by atoms with Crippen molar-refractivity contribution in [3.8, 4) is 0 Å². The van der Waals surface area contributed by atoms with Crippen molar-refractivity contribution in [1.82, 2.24) is 5.32 Å². The average Bonchev–Trinajstić information content (AvgIpc) is 0.792. The van der Waals surface area contributed by atoms with Crippen molar-refractivity contribution < 1.29 is 89.4 Å². The Morgan fingerprint density at radius 2 is 0.734 bits per heavy atom. The summed E-state index contributed by atoms with van der Waals surface area (Å²) in [5.41, 5.74) is 0. The van der Waals surface area contributed by atoms with Crippen molar-refractivity contribution >= 4 is 5.91 Å². The Labute approximate surface area is 562 Å². The maximum absolute atomic E-state index is 13.4. The van der Waals surface area contributed by atoms with E-state index in [0.717, 1.165) is 116 Å². The largest absolute Gasteiger partial charge is 0.394 e. The van der Waals surface area contributed by atoms with Gasteiger partial charge in [-0.15, -0.1) is 0 Å². The van der Waals surface area contributed by atoms with Gasteiger partial charge in [-0.05, 0) is 96.3 Å². The van der Waals surface area contributed by atoms with Crippen LogP contribution in [0.1, 0.15) is 200 Å². The number of unbranched alkanes of at least 4 members (excludes halogenated alkanes) is 16. The molecule has 3 aliphatic rings. The molecule has 0 radical (unpaired) electrons. The minimum Gasteiger partial charge on any atom is -0.394 e. The molecule has 3 fully saturated rings. The molecular weight excluding hydrogens is 1200 g/mol. The molecule has 12 N–H and O–H groups in total. The molecule has 94 heavy (non-hydrogen) atoms. The normalized spacial score (nSPS) is 28.2. The van der Waals surface area contributed by atoms with Crippen LogP contribution in [0.4, 0.5) is 0 Å². The van der Waals surface area contributed by atoms with Gasteiger partial charge in [-0.25, -0.2) is 0 Å². The molecule has 536 valence electrons. The average molecular weight is 1330 g/mol. The van der Waals surface area contributed by atoms with Gasteiger partial charge >= 0.3 is 0 Å². The Kier molecular flexibility index (Phi) is 49.1. The van der Waals surface area contributed by atoms with Crippen LogP contribution < -0.4 is 5.32 Å². The predicted molar refractivity (Wildman–Crippen MR) is 369 cm³/mol. The van der Waals surface area contributed by atoms with Crippen molar-refractivity contribution in [2.45, 2.75) is 304 Å². The third-order valence-corrected chi connectivity index (χ3v) is 16.7. The minimum absolute atomic E-state index is 0.204. The summed E-state index contributed by atoms with van der Waals surface area (Å²) in [6.45, 7) is 1.57. The summed E-state index contributed by atoms with van der Waals surface area (Å²) in [6, 6.07) is -0.997. The Morgan fingerprint density at radius 3 is 1.15 bits per heavy atom. The van der Waals surface area contributed by atoms with Crippen LogP contribution in [0.15, 0.2) is 134 Å². The zero-order valence-electron chi connectivity index (χ0n) is 56.6. The molecule has 19 nitrogen and oxygen atoms in total. The molecule has 0 aliphatic carbocycles. The van der Waals surface area contributed by atoms with E-state index in [-0.39, 0.29) is 18.9 Å². The number of aliphatic hydroxyl groups is 11. The quantitative estimate of drug-likeness (QED) is 0.0199. The lowest BCUT2D eigenvalue weighted by Crippen LogP contribution is -2.66. The third kappa shape index (κ3) is 36.0. The Balaban J connectivity index is 1.40. The lowest BCUT2D eigenvalue weighted by atomic mass is 9.96. The van der Waals surface area contributed by atoms with E-state index in [4.69, 9.17) is 28.4 Å². The number of ether oxygens (including phenoxy) is 6. The highest BCUT2D eigenvalue weighted by Gasteiger charge is 2.53. The van der Waals surface area contributed by atoms with Gasteiger partial charge in [0.25, 0.3) is 0 Å². The summed E-state index contributed by atoms with van der Waals surface area (Å²) < 4.78 is 34.3. The predicted octanol–water partition coefficient (Wildman–Crippen LogP) is 9.77. The number of allylic oxidation sites excluding steroid dienone is 21. The van der Waals surface area contributed by atoms with Crippen molar-refractivity contribution in [1.29, 1.82) is 0 Å². The highest BCUT2D eigenvalue weighted by molar-refractivity contribution is 5.76. The fourth-order valence-electron chi connectivity index (χ4n) is 11.0. The molecule has 0 bridgehead atoms. The van der Waals surface area contributed by atoms with Crippen molar-refractivity contribution in [2.75, 3.05) is 26.4 Å². The van der Waals surface area contributed by atoms with E-state index in [9.17, 15) is 61.0 Å². The monoisotopic (exact) mass is 1330 g/mol. The Morgan fingerprint density at radius 1 is 0.394 bits per heavy atom. The molecule has 17 unspecified atom stereocenters. The number of aliphatic hydroxyl groups excluding tert-OH is 11. The molecule has 17 atom stereocenters. The van der Waals surface area contributed by atoms with E-state index in [0.29, 0.717) is 6.42 Å². The molecule has 3 rings (SSSR count). The second-order valence-electron chi connectivity index (χ2n) is 24.6. The summed E-state index contributed by atoms with van der Waals surface area (Å²) in [5, 5.41) is 120. The molecule has 3 aliphatic heterocycles. The fourth-order valence-corrected chi connectivity index (χ4v) is 11.0. The SMILES string of the molecule is CC/C=C\C/C=C\C/C=C\C/C=C\C/C=C\C/C=C\C/C=C\C/C=C\C/C=C\C/C=C\CCCCCCC(=O)NC(COC1OC(CO)C(OC2OC(CO)C(OC3OC(CO)C(O)C(O)C3O)C(O)C2O)C(O)C1O)C(O)/C=C/CCCCCCCCCCCCCC. The van der Waals surface area contributed by atoms with Gasteiger partial charge in [-0.1, -0.05) is 231 Å². The van der Waals surface area contributed by atoms with Gasteiger partial charge in [0.2, 0.25) is 5.91 Å². The summed E-state index contributed by atoms with van der Waals surface area (Å²) in [5.74, 6) is -0.307. The van der Waals surface area contributed by atoms with E-state index in [1.165, 1.54) is 57.8 Å². The Bertz CT molecular complexity index is 2220.